The third-order valence-electron chi connectivity index (χ3n) is 2.02. The molecule has 1 rings (SSSR count). The van der Waals surface area contributed by atoms with Crippen molar-refractivity contribution in [3.05, 3.63) is 46.1 Å². The van der Waals surface area contributed by atoms with Gasteiger partial charge in [0.15, 0.2) is 0 Å². The zero-order chi connectivity index (χ0) is 12.7. The lowest BCUT2D eigenvalue weighted by Crippen LogP contribution is -2.25. The number of nitrogens with one attached hydrogen (secondary N) is 1. The van der Waals surface area contributed by atoms with Gasteiger partial charge in [0.1, 0.15) is 0 Å². The van der Waals surface area contributed by atoms with E-state index in [4.69, 9.17) is 16.3 Å². The summed E-state index contributed by atoms with van der Waals surface area (Å²) in [6.45, 7) is 4.53. The first kappa shape index (κ1) is 14.1. The lowest BCUT2D eigenvalue weighted by molar-refractivity contribution is 0.0950. The second-order valence-electron chi connectivity index (χ2n) is 3.28. The number of ether oxygens (including phenoxy) is 1. The molecule has 0 radical (unpaired) electrons. The molecule has 3 nitrogen and oxygen atoms in total. The number of carbonyl (C=O) groups excluding carboxylic acids is 1. The molecule has 1 amide bonds. The Labute approximate surface area is 114 Å². The summed E-state index contributed by atoms with van der Waals surface area (Å²) in [6.07, 6.45) is 2.12. The van der Waals surface area contributed by atoms with Gasteiger partial charge in [-0.15, -0.1) is 0 Å². The van der Waals surface area contributed by atoms with Crippen LogP contribution >= 0.6 is 27.5 Å². The molecule has 0 heterocycles. The van der Waals surface area contributed by atoms with Gasteiger partial charge in [-0.05, 0) is 40.5 Å². The van der Waals surface area contributed by atoms with Crippen LogP contribution < -0.4 is 5.32 Å². The van der Waals surface area contributed by atoms with Gasteiger partial charge in [0.05, 0.1) is 17.9 Å². The van der Waals surface area contributed by atoms with E-state index >= 15 is 0 Å². The molecular formula is C12H13BrClNO2. The highest BCUT2D eigenvalue weighted by Gasteiger charge is 2.06. The zero-order valence-corrected chi connectivity index (χ0v) is 11.6. The molecule has 5 heteroatoms. The Morgan fingerprint density at radius 1 is 1.59 bits per heavy atom. The Balaban J connectivity index is 2.41. The minimum Gasteiger partial charge on any atom is -0.502 e. The monoisotopic (exact) mass is 317 g/mol. The minimum absolute atomic E-state index is 0.141. The van der Waals surface area contributed by atoms with E-state index in [0.29, 0.717) is 23.7 Å². The summed E-state index contributed by atoms with van der Waals surface area (Å²) in [6, 6.07) is 5.09. The first-order chi connectivity index (χ1) is 8.15. The normalized spacial score (nSPS) is 9.76. The maximum absolute atomic E-state index is 11.7. The molecule has 0 atom stereocenters. The van der Waals surface area contributed by atoms with Crippen molar-refractivity contribution in [2.75, 3.05) is 13.2 Å². The van der Waals surface area contributed by atoms with E-state index in [1.54, 1.807) is 18.2 Å². The predicted molar refractivity (Wildman–Crippen MR) is 72.3 cm³/mol. The van der Waals surface area contributed by atoms with Crippen LogP contribution in [0.2, 0.25) is 5.02 Å². The van der Waals surface area contributed by atoms with Crippen molar-refractivity contribution in [3.8, 4) is 0 Å². The van der Waals surface area contributed by atoms with E-state index in [2.05, 4.69) is 27.8 Å². The quantitative estimate of drug-likeness (QED) is 0.645. The molecule has 0 spiro atoms. The standard InChI is InChI=1S/C12H13BrClNO2/c1-2-17-7-3-6-15-12(16)9-4-5-10(13)11(14)8-9/h2,4-5,8H,1,3,6-7H2,(H,15,16). The second-order valence-corrected chi connectivity index (χ2v) is 4.54. The molecule has 17 heavy (non-hydrogen) atoms. The molecule has 0 aliphatic rings. The smallest absolute Gasteiger partial charge is 0.251 e. The Morgan fingerprint density at radius 2 is 2.35 bits per heavy atom. The average molecular weight is 319 g/mol. The average Bonchev–Trinajstić information content (AvgIpc) is 2.32. The van der Waals surface area contributed by atoms with Gasteiger partial charge in [0, 0.05) is 16.6 Å². The van der Waals surface area contributed by atoms with Gasteiger partial charge in [0.2, 0.25) is 0 Å². The number of halogens is 2. The topological polar surface area (TPSA) is 38.3 Å². The summed E-state index contributed by atoms with van der Waals surface area (Å²) in [5.41, 5.74) is 0.544. The molecule has 0 aliphatic heterocycles. The molecular weight excluding hydrogens is 305 g/mol. The fraction of sp³-hybridized carbons (Fsp3) is 0.250. The maximum Gasteiger partial charge on any atom is 0.251 e. The summed E-state index contributed by atoms with van der Waals surface area (Å²) in [4.78, 5) is 11.7. The number of hydrogen-bond donors (Lipinski definition) is 1. The zero-order valence-electron chi connectivity index (χ0n) is 9.21. The number of hydrogen-bond acceptors (Lipinski definition) is 2. The highest BCUT2D eigenvalue weighted by Crippen LogP contribution is 2.22. The van der Waals surface area contributed by atoms with Crippen LogP contribution in [-0.4, -0.2) is 19.1 Å². The predicted octanol–water partition coefficient (Wildman–Crippen LogP) is 3.38. The SMILES string of the molecule is C=COCCCNC(=O)c1ccc(Br)c(Cl)c1. The second kappa shape index (κ2) is 7.35. The molecule has 0 bridgehead atoms. The number of rotatable bonds is 6. The van der Waals surface area contributed by atoms with Crippen molar-refractivity contribution in [2.45, 2.75) is 6.42 Å². The van der Waals surface area contributed by atoms with Gasteiger partial charge in [0.25, 0.3) is 5.91 Å². The van der Waals surface area contributed by atoms with Crippen molar-refractivity contribution in [1.82, 2.24) is 5.32 Å². The molecule has 1 aromatic carbocycles. The Bertz CT molecular complexity index is 409. The summed E-state index contributed by atoms with van der Waals surface area (Å²) in [7, 11) is 0. The largest absolute Gasteiger partial charge is 0.502 e. The number of amides is 1. The lowest BCUT2D eigenvalue weighted by Gasteiger charge is -2.06. The van der Waals surface area contributed by atoms with Gasteiger partial charge in [-0.2, -0.15) is 0 Å². The van der Waals surface area contributed by atoms with E-state index in [1.165, 1.54) is 6.26 Å². The summed E-state index contributed by atoms with van der Waals surface area (Å²) in [5.74, 6) is -0.141. The third-order valence-corrected chi connectivity index (χ3v) is 3.26. The fourth-order valence-corrected chi connectivity index (χ4v) is 1.61. The number of carbonyl (C=O) groups is 1. The lowest BCUT2D eigenvalue weighted by atomic mass is 10.2. The first-order valence-corrected chi connectivity index (χ1v) is 6.28. The highest BCUT2D eigenvalue weighted by atomic mass is 79.9. The minimum atomic E-state index is -0.141. The van der Waals surface area contributed by atoms with Crippen molar-refractivity contribution in [1.29, 1.82) is 0 Å². The molecule has 0 fully saturated rings. The van der Waals surface area contributed by atoms with E-state index < -0.39 is 0 Å². The summed E-state index contributed by atoms with van der Waals surface area (Å²) >= 11 is 9.17. The number of benzene rings is 1. The van der Waals surface area contributed by atoms with Crippen molar-refractivity contribution < 1.29 is 9.53 Å². The molecule has 1 aromatic rings. The van der Waals surface area contributed by atoms with Crippen LogP contribution in [0.3, 0.4) is 0 Å². The van der Waals surface area contributed by atoms with Crippen molar-refractivity contribution in [3.63, 3.8) is 0 Å². The fourth-order valence-electron chi connectivity index (χ4n) is 1.18. The van der Waals surface area contributed by atoms with Gasteiger partial charge in [-0.3, -0.25) is 4.79 Å². The Morgan fingerprint density at radius 3 is 3.00 bits per heavy atom. The molecule has 0 saturated heterocycles. The van der Waals surface area contributed by atoms with Crippen LogP contribution in [0.25, 0.3) is 0 Å². The van der Waals surface area contributed by atoms with Crippen LogP contribution in [0, 0.1) is 0 Å². The summed E-state index contributed by atoms with van der Waals surface area (Å²) in [5, 5.41) is 3.30. The van der Waals surface area contributed by atoms with Crippen LogP contribution in [-0.2, 0) is 4.74 Å². The first-order valence-electron chi connectivity index (χ1n) is 5.11. The molecule has 0 unspecified atom stereocenters. The Hall–Kier alpha value is -1.000. The summed E-state index contributed by atoms with van der Waals surface area (Å²) < 4.78 is 5.71. The van der Waals surface area contributed by atoms with Crippen LogP contribution in [0.1, 0.15) is 16.8 Å². The molecule has 0 saturated carbocycles. The van der Waals surface area contributed by atoms with E-state index in [9.17, 15) is 4.79 Å². The van der Waals surface area contributed by atoms with Crippen LogP contribution in [0.15, 0.2) is 35.5 Å². The Kier molecular flexibility index (Phi) is 6.08. The molecule has 0 aliphatic carbocycles. The van der Waals surface area contributed by atoms with E-state index in [1.807, 2.05) is 0 Å². The van der Waals surface area contributed by atoms with Crippen LogP contribution in [0.4, 0.5) is 0 Å². The van der Waals surface area contributed by atoms with E-state index in [-0.39, 0.29) is 5.91 Å². The van der Waals surface area contributed by atoms with Crippen molar-refractivity contribution >= 4 is 33.4 Å². The van der Waals surface area contributed by atoms with Gasteiger partial charge in [-0.25, -0.2) is 0 Å². The van der Waals surface area contributed by atoms with Crippen LogP contribution in [0.5, 0.6) is 0 Å². The molecule has 92 valence electrons. The van der Waals surface area contributed by atoms with Gasteiger partial charge < -0.3 is 10.1 Å². The van der Waals surface area contributed by atoms with Gasteiger partial charge in [-0.1, -0.05) is 18.2 Å². The molecule has 1 N–H and O–H groups in total. The maximum atomic E-state index is 11.7. The molecule has 0 aromatic heterocycles. The third kappa shape index (κ3) is 4.79. The van der Waals surface area contributed by atoms with Gasteiger partial charge >= 0.3 is 0 Å². The van der Waals surface area contributed by atoms with Crippen molar-refractivity contribution in [2.24, 2.45) is 0 Å². The highest BCUT2D eigenvalue weighted by molar-refractivity contribution is 9.10. The van der Waals surface area contributed by atoms with E-state index in [0.717, 1.165) is 10.9 Å².